The summed E-state index contributed by atoms with van der Waals surface area (Å²) in [6.07, 6.45) is 0. The summed E-state index contributed by atoms with van der Waals surface area (Å²) in [4.78, 5) is 0. The predicted molar refractivity (Wildman–Crippen MR) is 0.686 cm³/mol. The van der Waals surface area contributed by atoms with Crippen LogP contribution in [0, 0.1) is 0 Å². The van der Waals surface area contributed by atoms with Crippen LogP contribution in [0.3, 0.4) is 0 Å². The molecule has 0 atom stereocenters. The van der Waals surface area contributed by atoms with Crippen molar-refractivity contribution in [1.29, 1.82) is 0 Å². The maximum atomic E-state index is 8.31. The summed E-state index contributed by atoms with van der Waals surface area (Å²) in [6, 6.07) is 0. The molecular weight excluding hydrogens is 379 g/mol. The second-order valence-electron chi connectivity index (χ2n) is 0. The van der Waals surface area contributed by atoms with Crippen LogP contribution in [0.25, 0.3) is 0 Å². The second-order valence-corrected chi connectivity index (χ2v) is 0. The molecule has 0 radical (unpaired) electrons. The third-order valence-electron chi connectivity index (χ3n) is 0. The van der Waals surface area contributed by atoms with E-state index >= 15 is 0 Å². The molecule has 7 heavy (non-hydrogen) atoms. The number of halogens is 5. The average molecular weight is 379 g/mol. The van der Waals surface area contributed by atoms with Crippen LogP contribution in [-0.4, -0.2) is 0 Å². The molecule has 0 bridgehead atoms. The minimum atomic E-state index is 0. The molecule has 0 aromatic rings. The molecule has 0 fully saturated rings. The normalized spacial score (nSPS) is 0.857. The van der Waals surface area contributed by atoms with Gasteiger partial charge >= 0.3 is 22.6 Å². The summed E-state index contributed by atoms with van der Waals surface area (Å²) >= 11 is 0.472. The Morgan fingerprint density at radius 3 is 0.571 bits per heavy atom. The zero-order chi connectivity index (χ0) is 2.00. The van der Waals surface area contributed by atoms with E-state index in [1.54, 1.807) is 0 Å². The van der Waals surface area contributed by atoms with E-state index < -0.39 is 0 Å². The van der Waals surface area contributed by atoms with Crippen molar-refractivity contribution < 1.29 is 84.7 Å². The van der Waals surface area contributed by atoms with E-state index in [0.29, 0.717) is 19.2 Å². The molecule has 0 heterocycles. The molecular formula is Cl5ORe. The first-order valence-electron chi connectivity index (χ1n) is 0.154. The van der Waals surface area contributed by atoms with E-state index in [9.17, 15) is 0 Å². The number of hydrogen-bond acceptors (Lipinski definition) is 1. The van der Waals surface area contributed by atoms with E-state index in [4.69, 9.17) is 3.47 Å². The third-order valence-corrected chi connectivity index (χ3v) is 0. The molecule has 0 saturated heterocycles. The van der Waals surface area contributed by atoms with Gasteiger partial charge in [-0.3, -0.25) is 0 Å². The van der Waals surface area contributed by atoms with Gasteiger partial charge in [0, 0.05) is 0 Å². The molecule has 0 saturated carbocycles. The first kappa shape index (κ1) is 65.8. The van der Waals surface area contributed by atoms with Gasteiger partial charge in [-0.05, 0) is 0 Å². The maximum absolute atomic E-state index is 8.31. The Hall–Kier alpha value is 1.91. The van der Waals surface area contributed by atoms with E-state index in [1.807, 2.05) is 0 Å². The van der Waals surface area contributed by atoms with Crippen LogP contribution in [0.1, 0.15) is 0 Å². The van der Waals surface area contributed by atoms with Gasteiger partial charge in [0.05, 0.1) is 0 Å². The summed E-state index contributed by atoms with van der Waals surface area (Å²) in [5.74, 6) is 0. The van der Waals surface area contributed by atoms with Crippen molar-refractivity contribution in [3.8, 4) is 0 Å². The molecule has 1 nitrogen and oxygen atoms in total. The zero-order valence-corrected chi connectivity index (χ0v) is 9.17. The van der Waals surface area contributed by atoms with Crippen molar-refractivity contribution in [2.24, 2.45) is 0 Å². The Morgan fingerprint density at radius 1 is 0.571 bits per heavy atom. The van der Waals surface area contributed by atoms with Crippen molar-refractivity contribution in [3.63, 3.8) is 0 Å². The van der Waals surface area contributed by atoms with Crippen LogP contribution in [0.4, 0.5) is 0 Å². The fourth-order valence-electron chi connectivity index (χ4n) is 0. The monoisotopic (exact) mass is 378 g/mol. The Morgan fingerprint density at radius 2 is 0.571 bits per heavy atom. The average Bonchev–Trinajstić information content (AvgIpc) is 1.00. The topological polar surface area (TPSA) is 17.1 Å². The summed E-state index contributed by atoms with van der Waals surface area (Å²) in [5.41, 5.74) is 0. The Kier molecular flexibility index (Phi) is 972. The number of rotatable bonds is 0. The van der Waals surface area contributed by atoms with Gasteiger partial charge in [-0.25, -0.2) is 0 Å². The number of hydrogen-bond donors (Lipinski definition) is 0. The quantitative estimate of drug-likeness (QED) is 0.409. The van der Waals surface area contributed by atoms with E-state index in [2.05, 4.69) is 0 Å². The van der Waals surface area contributed by atoms with E-state index in [1.165, 1.54) is 0 Å². The van der Waals surface area contributed by atoms with Crippen LogP contribution >= 0.6 is 0 Å². The molecule has 0 amide bonds. The SMILES string of the molecule is [Cl-].[Cl-].[Cl-].[Cl-].[Cl-].[O]=[Re+5]. The van der Waals surface area contributed by atoms with Crippen molar-refractivity contribution in [1.82, 2.24) is 0 Å². The fourth-order valence-corrected chi connectivity index (χ4v) is 0. The molecule has 0 spiro atoms. The van der Waals surface area contributed by atoms with Crippen LogP contribution in [-0.2, 0) is 22.6 Å². The first-order chi connectivity index (χ1) is 1.00. The Labute approximate surface area is 84.1 Å². The molecule has 0 aliphatic heterocycles. The Balaban J connectivity index is -0.000000000500. The second kappa shape index (κ2) is 103. The van der Waals surface area contributed by atoms with Gasteiger partial charge < -0.3 is 62.0 Å². The molecule has 48 valence electrons. The van der Waals surface area contributed by atoms with Gasteiger partial charge in [0.1, 0.15) is 0 Å². The third kappa shape index (κ3) is 75.6. The molecule has 0 aromatic heterocycles. The van der Waals surface area contributed by atoms with Crippen LogP contribution in [0.5, 0.6) is 0 Å². The van der Waals surface area contributed by atoms with Gasteiger partial charge in [0.25, 0.3) is 0 Å². The summed E-state index contributed by atoms with van der Waals surface area (Å²) in [7, 11) is 0. The molecule has 0 N–H and O–H groups in total. The summed E-state index contributed by atoms with van der Waals surface area (Å²) < 4.78 is 8.31. The molecule has 0 unspecified atom stereocenters. The van der Waals surface area contributed by atoms with E-state index in [-0.39, 0.29) is 62.0 Å². The van der Waals surface area contributed by atoms with Gasteiger partial charge in [-0.1, -0.05) is 0 Å². The van der Waals surface area contributed by atoms with Gasteiger partial charge in [-0.2, -0.15) is 0 Å². The molecule has 0 aromatic carbocycles. The fraction of sp³-hybridized carbons (Fsp3) is 0. The van der Waals surface area contributed by atoms with Crippen LogP contribution < -0.4 is 62.0 Å². The zero-order valence-electron chi connectivity index (χ0n) is 2.68. The minimum absolute atomic E-state index is 0. The Bertz CT molecular complexity index is 8.04. The van der Waals surface area contributed by atoms with Crippen molar-refractivity contribution in [3.05, 3.63) is 0 Å². The first-order valence-corrected chi connectivity index (χ1v) is 1.26. The van der Waals surface area contributed by atoms with E-state index in [0.717, 1.165) is 0 Å². The molecule has 0 aliphatic carbocycles. The van der Waals surface area contributed by atoms with Crippen molar-refractivity contribution in [2.75, 3.05) is 0 Å². The summed E-state index contributed by atoms with van der Waals surface area (Å²) in [5, 5.41) is 0. The van der Waals surface area contributed by atoms with Gasteiger partial charge in [-0.15, -0.1) is 0 Å². The van der Waals surface area contributed by atoms with Crippen LogP contribution in [0.15, 0.2) is 0 Å². The standard InChI is InChI=1S/5ClH.O.Re/h5*1H;;/q;;;;;;+5/p-5. The van der Waals surface area contributed by atoms with Crippen LogP contribution in [0.2, 0.25) is 0 Å². The molecule has 0 aliphatic rings. The molecule has 0 rings (SSSR count). The van der Waals surface area contributed by atoms with Gasteiger partial charge in [0.15, 0.2) is 0 Å². The summed E-state index contributed by atoms with van der Waals surface area (Å²) in [6.45, 7) is 0. The molecule has 7 heteroatoms. The van der Waals surface area contributed by atoms with Crippen molar-refractivity contribution >= 4 is 0 Å². The van der Waals surface area contributed by atoms with Gasteiger partial charge in [0.2, 0.25) is 0 Å². The van der Waals surface area contributed by atoms with Crippen molar-refractivity contribution in [2.45, 2.75) is 0 Å². The predicted octanol–water partition coefficient (Wildman–Crippen LogP) is -15.1.